The standard InChI is InChI=1S/C20H23NO2/c1-23-20(22)19-9-7-16(8-10-19)15-21-13-11-18(12-14-21)17-5-3-2-4-6-17/h2-10,18H,11-15H2,1H3. The number of carbonyl (C=O) groups excluding carboxylic acids is 1. The number of carbonyl (C=O) groups is 1. The summed E-state index contributed by atoms with van der Waals surface area (Å²) in [4.78, 5) is 13.9. The lowest BCUT2D eigenvalue weighted by Crippen LogP contribution is -2.32. The molecule has 0 radical (unpaired) electrons. The highest BCUT2D eigenvalue weighted by molar-refractivity contribution is 5.89. The number of methoxy groups -OCH3 is 1. The number of nitrogens with zero attached hydrogens (tertiary/aromatic N) is 1. The van der Waals surface area contributed by atoms with Crippen LogP contribution in [0, 0.1) is 0 Å². The molecule has 1 aliphatic heterocycles. The van der Waals surface area contributed by atoms with Gasteiger partial charge in [0.2, 0.25) is 0 Å². The monoisotopic (exact) mass is 309 g/mol. The summed E-state index contributed by atoms with van der Waals surface area (Å²) < 4.78 is 4.73. The van der Waals surface area contributed by atoms with Gasteiger partial charge in [-0.1, -0.05) is 42.5 Å². The molecule has 120 valence electrons. The zero-order valence-corrected chi connectivity index (χ0v) is 13.6. The van der Waals surface area contributed by atoms with Crippen LogP contribution in [0.4, 0.5) is 0 Å². The Morgan fingerprint density at radius 3 is 2.30 bits per heavy atom. The summed E-state index contributed by atoms with van der Waals surface area (Å²) in [7, 11) is 1.41. The molecule has 23 heavy (non-hydrogen) atoms. The Hall–Kier alpha value is -2.13. The second kappa shape index (κ2) is 7.42. The lowest BCUT2D eigenvalue weighted by atomic mass is 9.89. The third-order valence-electron chi connectivity index (χ3n) is 4.64. The van der Waals surface area contributed by atoms with Gasteiger partial charge in [-0.2, -0.15) is 0 Å². The normalized spacial score (nSPS) is 16.2. The first-order valence-corrected chi connectivity index (χ1v) is 8.21. The topological polar surface area (TPSA) is 29.5 Å². The van der Waals surface area contributed by atoms with Crippen molar-refractivity contribution in [3.05, 3.63) is 71.3 Å². The van der Waals surface area contributed by atoms with Gasteiger partial charge in [0.05, 0.1) is 12.7 Å². The van der Waals surface area contributed by atoms with Crippen LogP contribution in [0.1, 0.15) is 40.2 Å². The van der Waals surface area contributed by atoms with Crippen LogP contribution in [0.25, 0.3) is 0 Å². The number of rotatable bonds is 4. The first kappa shape index (κ1) is 15.8. The fraction of sp³-hybridized carbons (Fsp3) is 0.350. The van der Waals surface area contributed by atoms with E-state index in [1.807, 2.05) is 24.3 Å². The van der Waals surface area contributed by atoms with Crippen molar-refractivity contribution in [1.29, 1.82) is 0 Å². The van der Waals surface area contributed by atoms with Gasteiger partial charge in [0.25, 0.3) is 0 Å². The van der Waals surface area contributed by atoms with Crippen LogP contribution in [-0.4, -0.2) is 31.1 Å². The Bertz CT molecular complexity index is 628. The zero-order chi connectivity index (χ0) is 16.1. The summed E-state index contributed by atoms with van der Waals surface area (Å²) in [5, 5.41) is 0. The molecule has 0 bridgehead atoms. The van der Waals surface area contributed by atoms with Crippen molar-refractivity contribution < 1.29 is 9.53 Å². The smallest absolute Gasteiger partial charge is 0.337 e. The Morgan fingerprint density at radius 2 is 1.70 bits per heavy atom. The molecule has 0 aliphatic carbocycles. The van der Waals surface area contributed by atoms with Gasteiger partial charge in [-0.3, -0.25) is 4.90 Å². The number of esters is 1. The SMILES string of the molecule is COC(=O)c1ccc(CN2CCC(c3ccccc3)CC2)cc1. The molecule has 3 rings (SSSR count). The van der Waals surface area contributed by atoms with Gasteiger partial charge in [0.1, 0.15) is 0 Å². The average molecular weight is 309 g/mol. The van der Waals surface area contributed by atoms with E-state index in [0.717, 1.165) is 19.6 Å². The van der Waals surface area contributed by atoms with Crippen LogP contribution in [0.5, 0.6) is 0 Å². The lowest BCUT2D eigenvalue weighted by Gasteiger charge is -2.32. The summed E-state index contributed by atoms with van der Waals surface area (Å²) in [6, 6.07) is 18.6. The van der Waals surface area contributed by atoms with E-state index in [4.69, 9.17) is 4.74 Å². The molecule has 2 aromatic carbocycles. The molecule has 0 amide bonds. The molecule has 0 spiro atoms. The van der Waals surface area contributed by atoms with Gasteiger partial charge >= 0.3 is 5.97 Å². The Kier molecular flexibility index (Phi) is 5.09. The molecular weight excluding hydrogens is 286 g/mol. The highest BCUT2D eigenvalue weighted by Crippen LogP contribution is 2.28. The fourth-order valence-corrected chi connectivity index (χ4v) is 3.27. The van der Waals surface area contributed by atoms with E-state index < -0.39 is 0 Å². The maximum absolute atomic E-state index is 11.5. The van der Waals surface area contributed by atoms with Crippen LogP contribution in [0.3, 0.4) is 0 Å². The molecule has 0 atom stereocenters. The molecule has 1 aliphatic rings. The minimum atomic E-state index is -0.278. The molecule has 0 N–H and O–H groups in total. The average Bonchev–Trinajstić information content (AvgIpc) is 2.63. The Morgan fingerprint density at radius 1 is 1.04 bits per heavy atom. The molecule has 1 fully saturated rings. The summed E-state index contributed by atoms with van der Waals surface area (Å²) in [6.07, 6.45) is 2.43. The number of piperidine rings is 1. The van der Waals surface area contributed by atoms with Crippen LogP contribution in [-0.2, 0) is 11.3 Å². The molecule has 1 saturated heterocycles. The second-order valence-electron chi connectivity index (χ2n) is 6.15. The number of hydrogen-bond acceptors (Lipinski definition) is 3. The van der Waals surface area contributed by atoms with Crippen LogP contribution >= 0.6 is 0 Å². The van der Waals surface area contributed by atoms with Crippen molar-refractivity contribution in [2.45, 2.75) is 25.3 Å². The van der Waals surface area contributed by atoms with Gasteiger partial charge < -0.3 is 4.74 Å². The summed E-state index contributed by atoms with van der Waals surface area (Å²) in [6.45, 7) is 3.19. The highest BCUT2D eigenvalue weighted by Gasteiger charge is 2.20. The van der Waals surface area contributed by atoms with Gasteiger partial charge in [0, 0.05) is 6.54 Å². The number of likely N-dealkylation sites (tertiary alicyclic amines) is 1. The van der Waals surface area contributed by atoms with Crippen molar-refractivity contribution in [3.8, 4) is 0 Å². The highest BCUT2D eigenvalue weighted by atomic mass is 16.5. The van der Waals surface area contributed by atoms with Crippen molar-refractivity contribution in [2.24, 2.45) is 0 Å². The van der Waals surface area contributed by atoms with Crippen molar-refractivity contribution in [3.63, 3.8) is 0 Å². The van der Waals surface area contributed by atoms with Crippen LogP contribution in [0.2, 0.25) is 0 Å². The first-order chi connectivity index (χ1) is 11.3. The minimum absolute atomic E-state index is 0.278. The van der Waals surface area contributed by atoms with E-state index in [1.165, 1.54) is 31.1 Å². The van der Waals surface area contributed by atoms with Gasteiger partial charge in [-0.15, -0.1) is 0 Å². The van der Waals surface area contributed by atoms with Crippen LogP contribution < -0.4 is 0 Å². The maximum atomic E-state index is 11.5. The van der Waals surface area contributed by atoms with Crippen molar-refractivity contribution in [2.75, 3.05) is 20.2 Å². The molecule has 3 heteroatoms. The van der Waals surface area contributed by atoms with E-state index in [9.17, 15) is 4.79 Å². The first-order valence-electron chi connectivity index (χ1n) is 8.21. The third kappa shape index (κ3) is 3.99. The number of benzene rings is 2. The molecule has 2 aromatic rings. The summed E-state index contributed by atoms with van der Waals surface area (Å²) in [5.41, 5.74) is 3.32. The second-order valence-corrected chi connectivity index (χ2v) is 6.15. The number of ether oxygens (including phenoxy) is 1. The summed E-state index contributed by atoms with van der Waals surface area (Å²) in [5.74, 6) is 0.411. The predicted molar refractivity (Wildman–Crippen MR) is 91.5 cm³/mol. The summed E-state index contributed by atoms with van der Waals surface area (Å²) >= 11 is 0. The fourth-order valence-electron chi connectivity index (χ4n) is 3.27. The quantitative estimate of drug-likeness (QED) is 0.803. The number of hydrogen-bond donors (Lipinski definition) is 0. The van der Waals surface area contributed by atoms with E-state index in [1.54, 1.807) is 0 Å². The van der Waals surface area contributed by atoms with Crippen LogP contribution in [0.15, 0.2) is 54.6 Å². The van der Waals surface area contributed by atoms with E-state index in [-0.39, 0.29) is 5.97 Å². The van der Waals surface area contributed by atoms with Gasteiger partial charge in [0.15, 0.2) is 0 Å². The maximum Gasteiger partial charge on any atom is 0.337 e. The zero-order valence-electron chi connectivity index (χ0n) is 13.6. The lowest BCUT2D eigenvalue weighted by molar-refractivity contribution is 0.0600. The van der Waals surface area contributed by atoms with Crippen molar-refractivity contribution >= 4 is 5.97 Å². The Balaban J connectivity index is 1.53. The third-order valence-corrected chi connectivity index (χ3v) is 4.64. The largest absolute Gasteiger partial charge is 0.465 e. The minimum Gasteiger partial charge on any atom is -0.465 e. The van der Waals surface area contributed by atoms with Crippen molar-refractivity contribution in [1.82, 2.24) is 4.90 Å². The molecule has 0 unspecified atom stereocenters. The molecular formula is C20H23NO2. The van der Waals surface area contributed by atoms with E-state index in [2.05, 4.69) is 35.2 Å². The molecule has 3 nitrogen and oxygen atoms in total. The van der Waals surface area contributed by atoms with Gasteiger partial charge in [-0.25, -0.2) is 4.79 Å². The van der Waals surface area contributed by atoms with Gasteiger partial charge in [-0.05, 0) is 55.1 Å². The Labute approximate surface area is 137 Å². The molecule has 0 aromatic heterocycles. The predicted octanol–water partition coefficient (Wildman–Crippen LogP) is 3.85. The van der Waals surface area contributed by atoms with E-state index >= 15 is 0 Å². The molecule has 0 saturated carbocycles. The molecule has 1 heterocycles. The van der Waals surface area contributed by atoms with E-state index in [0.29, 0.717) is 11.5 Å².